The minimum absolute atomic E-state index is 0.0569. The third kappa shape index (κ3) is 9.64. The number of unbranched alkanes of at least 4 members (excludes halogenated alkanes) is 3. The van der Waals surface area contributed by atoms with Gasteiger partial charge in [0, 0.05) is 0 Å². The third-order valence-electron chi connectivity index (χ3n) is 6.10. The lowest BCUT2D eigenvalue weighted by Gasteiger charge is -2.19. The van der Waals surface area contributed by atoms with Crippen LogP contribution >= 0.6 is 0 Å². The van der Waals surface area contributed by atoms with Gasteiger partial charge >= 0.3 is 24.1 Å². The number of hydrogen-bond donors (Lipinski definition) is 0. The average Bonchev–Trinajstić information content (AvgIpc) is 2.98. The van der Waals surface area contributed by atoms with Gasteiger partial charge in [0.1, 0.15) is 11.5 Å². The molecule has 224 valence electrons. The van der Waals surface area contributed by atoms with Crippen LogP contribution in [-0.4, -0.2) is 43.4 Å². The minimum Gasteiger partial charge on any atom is -0.494 e. The van der Waals surface area contributed by atoms with Gasteiger partial charge in [0.2, 0.25) is 0 Å². The molecule has 0 N–H and O–H groups in total. The highest BCUT2D eigenvalue weighted by Gasteiger charge is 2.49. The van der Waals surface area contributed by atoms with Crippen LogP contribution in [0.2, 0.25) is 0 Å². The molecule has 0 aromatic heterocycles. The van der Waals surface area contributed by atoms with E-state index in [1.54, 1.807) is 31.2 Å². The maximum Gasteiger partial charge on any atom is 0.436 e. The monoisotopic (exact) mass is 586 g/mol. The SMILES string of the molecule is CCCCCOc1ccc(-c2ccc(C(=O)Oc3ccc(C(=O)OC(C(=O)OCCCC)C(F)(F)F)cc3)cc2)cc1. The zero-order valence-corrected chi connectivity index (χ0v) is 23.4. The normalized spacial score (nSPS) is 11.8. The molecule has 42 heavy (non-hydrogen) atoms. The lowest BCUT2D eigenvalue weighted by Crippen LogP contribution is -2.42. The number of carbonyl (C=O) groups is 3. The Morgan fingerprint density at radius 1 is 0.667 bits per heavy atom. The largest absolute Gasteiger partial charge is 0.494 e. The van der Waals surface area contributed by atoms with Gasteiger partial charge in [-0.3, -0.25) is 0 Å². The van der Waals surface area contributed by atoms with E-state index in [0.29, 0.717) is 19.4 Å². The number of rotatable bonds is 14. The molecule has 3 rings (SSSR count). The quantitative estimate of drug-likeness (QED) is 0.109. The van der Waals surface area contributed by atoms with E-state index in [0.717, 1.165) is 48.3 Å². The molecule has 0 heterocycles. The Bertz CT molecular complexity index is 1300. The fraction of sp³-hybridized carbons (Fsp3) is 0.344. The molecule has 3 aromatic carbocycles. The molecular weight excluding hydrogens is 553 g/mol. The number of esters is 3. The molecule has 0 aliphatic heterocycles. The molecule has 1 atom stereocenters. The van der Waals surface area contributed by atoms with Gasteiger partial charge in [0.05, 0.1) is 24.3 Å². The molecule has 0 fully saturated rings. The van der Waals surface area contributed by atoms with Gasteiger partial charge < -0.3 is 18.9 Å². The van der Waals surface area contributed by atoms with Gasteiger partial charge in [-0.15, -0.1) is 0 Å². The highest BCUT2D eigenvalue weighted by Crippen LogP contribution is 2.26. The summed E-state index contributed by atoms with van der Waals surface area (Å²) in [5, 5.41) is 0. The summed E-state index contributed by atoms with van der Waals surface area (Å²) in [7, 11) is 0. The van der Waals surface area contributed by atoms with Gasteiger partial charge in [-0.25, -0.2) is 14.4 Å². The van der Waals surface area contributed by atoms with Crippen LogP contribution in [0.4, 0.5) is 13.2 Å². The van der Waals surface area contributed by atoms with Crippen LogP contribution in [0.5, 0.6) is 11.5 Å². The summed E-state index contributed by atoms with van der Waals surface area (Å²) >= 11 is 0. The van der Waals surface area contributed by atoms with Crippen molar-refractivity contribution in [2.75, 3.05) is 13.2 Å². The zero-order valence-electron chi connectivity index (χ0n) is 23.4. The Morgan fingerprint density at radius 3 is 1.76 bits per heavy atom. The number of halogens is 3. The maximum atomic E-state index is 13.3. The first-order valence-electron chi connectivity index (χ1n) is 13.7. The van der Waals surface area contributed by atoms with Gasteiger partial charge in [0.15, 0.2) is 0 Å². The van der Waals surface area contributed by atoms with Crippen molar-refractivity contribution in [3.63, 3.8) is 0 Å². The summed E-state index contributed by atoms with van der Waals surface area (Å²) in [6, 6.07) is 19.1. The highest BCUT2D eigenvalue weighted by molar-refractivity contribution is 5.93. The maximum absolute atomic E-state index is 13.3. The lowest BCUT2D eigenvalue weighted by molar-refractivity contribution is -0.218. The van der Waals surface area contributed by atoms with Crippen LogP contribution < -0.4 is 9.47 Å². The predicted octanol–water partition coefficient (Wildman–Crippen LogP) is 7.57. The summed E-state index contributed by atoms with van der Waals surface area (Å²) in [6.45, 7) is 4.37. The van der Waals surface area contributed by atoms with Crippen LogP contribution in [0, 0.1) is 0 Å². The molecule has 0 amide bonds. The van der Waals surface area contributed by atoms with E-state index in [-0.39, 0.29) is 23.5 Å². The second-order valence-electron chi connectivity index (χ2n) is 9.42. The first-order valence-corrected chi connectivity index (χ1v) is 13.7. The minimum atomic E-state index is -5.14. The lowest BCUT2D eigenvalue weighted by atomic mass is 10.0. The van der Waals surface area contributed by atoms with Crippen LogP contribution in [0.25, 0.3) is 11.1 Å². The van der Waals surface area contributed by atoms with Gasteiger partial charge in [0.25, 0.3) is 6.10 Å². The van der Waals surface area contributed by atoms with E-state index in [2.05, 4.69) is 16.4 Å². The van der Waals surface area contributed by atoms with Crippen molar-refractivity contribution in [1.82, 2.24) is 0 Å². The molecule has 0 aliphatic rings. The van der Waals surface area contributed by atoms with Crippen LogP contribution in [0.3, 0.4) is 0 Å². The summed E-state index contributed by atoms with van der Waals surface area (Å²) < 4.78 is 59.9. The molecule has 0 saturated carbocycles. The number of ether oxygens (including phenoxy) is 4. The zero-order chi connectivity index (χ0) is 30.5. The molecule has 7 nitrogen and oxygen atoms in total. The third-order valence-corrected chi connectivity index (χ3v) is 6.10. The summed E-state index contributed by atoms with van der Waals surface area (Å²) in [4.78, 5) is 36.7. The smallest absolute Gasteiger partial charge is 0.436 e. The van der Waals surface area contributed by atoms with Crippen molar-refractivity contribution >= 4 is 17.9 Å². The van der Waals surface area contributed by atoms with Gasteiger partial charge in [-0.05, 0) is 72.5 Å². The van der Waals surface area contributed by atoms with Crippen molar-refractivity contribution in [2.24, 2.45) is 0 Å². The van der Waals surface area contributed by atoms with E-state index in [4.69, 9.17) is 9.47 Å². The Labute approximate surface area is 242 Å². The van der Waals surface area contributed by atoms with Crippen LogP contribution in [0.15, 0.2) is 72.8 Å². The molecule has 10 heteroatoms. The summed E-state index contributed by atoms with van der Waals surface area (Å²) in [5.41, 5.74) is 1.83. The Kier molecular flexibility index (Phi) is 12.0. The van der Waals surface area contributed by atoms with Crippen LogP contribution in [-0.2, 0) is 14.3 Å². The highest BCUT2D eigenvalue weighted by atomic mass is 19.4. The number of benzene rings is 3. The Balaban J connectivity index is 1.57. The molecule has 0 saturated heterocycles. The van der Waals surface area contributed by atoms with E-state index in [1.807, 2.05) is 24.3 Å². The van der Waals surface area contributed by atoms with Crippen molar-refractivity contribution in [3.05, 3.63) is 83.9 Å². The molecular formula is C32H33F3O7. The molecule has 0 bridgehead atoms. The van der Waals surface area contributed by atoms with Crippen molar-refractivity contribution in [1.29, 1.82) is 0 Å². The van der Waals surface area contributed by atoms with E-state index in [1.165, 1.54) is 12.1 Å². The first-order chi connectivity index (χ1) is 20.1. The second-order valence-corrected chi connectivity index (χ2v) is 9.42. The van der Waals surface area contributed by atoms with Crippen molar-refractivity contribution in [3.8, 4) is 22.6 Å². The molecule has 0 radical (unpaired) electrons. The van der Waals surface area contributed by atoms with Crippen molar-refractivity contribution in [2.45, 2.75) is 58.2 Å². The summed E-state index contributed by atoms with van der Waals surface area (Å²) in [5.74, 6) is -2.89. The number of carbonyl (C=O) groups excluding carboxylic acids is 3. The Hall–Kier alpha value is -4.34. The molecule has 0 spiro atoms. The molecule has 1 unspecified atom stereocenters. The first kappa shape index (κ1) is 32.2. The number of alkyl halides is 3. The average molecular weight is 587 g/mol. The number of hydrogen-bond acceptors (Lipinski definition) is 7. The van der Waals surface area contributed by atoms with E-state index in [9.17, 15) is 27.6 Å². The fourth-order valence-electron chi connectivity index (χ4n) is 3.73. The van der Waals surface area contributed by atoms with Gasteiger partial charge in [-0.2, -0.15) is 13.2 Å². The summed E-state index contributed by atoms with van der Waals surface area (Å²) in [6.07, 6.45) is -3.96. The fourth-order valence-corrected chi connectivity index (χ4v) is 3.73. The van der Waals surface area contributed by atoms with E-state index < -0.39 is 30.2 Å². The molecule has 3 aromatic rings. The van der Waals surface area contributed by atoms with Crippen molar-refractivity contribution < 1.29 is 46.5 Å². The molecule has 0 aliphatic carbocycles. The standard InChI is InChI=1S/C32H33F3O7/c1-3-5-7-21-39-26-16-12-23(13-17-26)22-8-10-24(11-9-22)29(36)41-27-18-14-25(15-19-27)30(37)42-28(32(33,34)35)31(38)40-20-6-4-2/h8-19,28H,3-7,20-21H2,1-2H3. The van der Waals surface area contributed by atoms with E-state index >= 15 is 0 Å². The second kappa shape index (κ2) is 15.6. The topological polar surface area (TPSA) is 88.1 Å². The predicted molar refractivity (Wildman–Crippen MR) is 149 cm³/mol. The van der Waals surface area contributed by atoms with Gasteiger partial charge in [-0.1, -0.05) is 57.4 Å². The van der Waals surface area contributed by atoms with Crippen LogP contribution in [0.1, 0.15) is 66.7 Å². The Morgan fingerprint density at radius 2 is 1.19 bits per heavy atom.